The quantitative estimate of drug-likeness (QED) is 0.267. The van der Waals surface area contributed by atoms with E-state index >= 15 is 0 Å². The molecule has 1 saturated heterocycles. The summed E-state index contributed by atoms with van der Waals surface area (Å²) in [4.78, 5) is 27.3. The summed E-state index contributed by atoms with van der Waals surface area (Å²) in [5.41, 5.74) is 4.02. The molecule has 0 aromatic heterocycles. The highest BCUT2D eigenvalue weighted by atomic mass is 32.2. The molecule has 1 N–H and O–H groups in total. The van der Waals surface area contributed by atoms with Gasteiger partial charge in [-0.1, -0.05) is 85.0 Å². The number of carbonyl (C=O) groups is 2. The van der Waals surface area contributed by atoms with Gasteiger partial charge < -0.3 is 5.32 Å². The molecule has 0 radical (unpaired) electrons. The summed E-state index contributed by atoms with van der Waals surface area (Å²) in [5, 5.41) is 2.96. The fraction of sp³-hybridized carbons (Fsp3) is 0.269. The van der Waals surface area contributed by atoms with Crippen molar-refractivity contribution in [3.8, 4) is 0 Å². The van der Waals surface area contributed by atoms with Crippen molar-refractivity contribution in [2.75, 3.05) is 11.9 Å². The number of aryl methyl sites for hydroxylation is 1. The van der Waals surface area contributed by atoms with Gasteiger partial charge in [-0.3, -0.25) is 14.5 Å². The van der Waals surface area contributed by atoms with Crippen LogP contribution in [0, 0.1) is 6.92 Å². The number of benzene rings is 2. The zero-order valence-electron chi connectivity index (χ0n) is 18.5. The van der Waals surface area contributed by atoms with Gasteiger partial charge in [-0.15, -0.1) is 0 Å². The predicted molar refractivity (Wildman–Crippen MR) is 138 cm³/mol. The van der Waals surface area contributed by atoms with Gasteiger partial charge in [-0.2, -0.15) is 0 Å². The van der Waals surface area contributed by atoms with Gasteiger partial charge in [0.2, 0.25) is 5.91 Å². The number of nitrogens with zero attached hydrogens (tertiary/aromatic N) is 1. The Morgan fingerprint density at radius 1 is 1.06 bits per heavy atom. The number of carbonyl (C=O) groups excluding carboxylic acids is 2. The molecule has 166 valence electrons. The van der Waals surface area contributed by atoms with E-state index in [1.807, 2.05) is 74.5 Å². The molecule has 0 bridgehead atoms. The van der Waals surface area contributed by atoms with Crippen LogP contribution in [0.4, 0.5) is 5.69 Å². The number of thiocarbonyl (C=S) groups is 1. The van der Waals surface area contributed by atoms with Crippen LogP contribution in [-0.4, -0.2) is 27.6 Å². The molecule has 1 heterocycles. The first-order valence-corrected chi connectivity index (χ1v) is 12.0. The Morgan fingerprint density at radius 3 is 2.53 bits per heavy atom. The monoisotopic (exact) mass is 464 g/mol. The highest BCUT2D eigenvalue weighted by Crippen LogP contribution is 2.32. The van der Waals surface area contributed by atoms with E-state index in [0.29, 0.717) is 22.2 Å². The summed E-state index contributed by atoms with van der Waals surface area (Å²) in [6.07, 6.45) is 6.88. The van der Waals surface area contributed by atoms with Crippen LogP contribution >= 0.6 is 24.0 Å². The Morgan fingerprint density at radius 2 is 1.78 bits per heavy atom. The van der Waals surface area contributed by atoms with Crippen molar-refractivity contribution in [2.24, 2.45) is 0 Å². The number of nitrogens with one attached hydrogen (secondary N) is 1. The largest absolute Gasteiger partial charge is 0.326 e. The second kappa shape index (κ2) is 11.8. The van der Waals surface area contributed by atoms with Crippen molar-refractivity contribution in [3.05, 3.63) is 82.3 Å². The average Bonchev–Trinajstić information content (AvgIpc) is 3.03. The zero-order valence-corrected chi connectivity index (χ0v) is 20.1. The van der Waals surface area contributed by atoms with E-state index < -0.39 is 0 Å². The van der Waals surface area contributed by atoms with Crippen molar-refractivity contribution in [2.45, 2.75) is 39.5 Å². The molecule has 2 aromatic rings. The van der Waals surface area contributed by atoms with Gasteiger partial charge in [0.15, 0.2) is 0 Å². The molecule has 0 unspecified atom stereocenters. The van der Waals surface area contributed by atoms with Crippen molar-refractivity contribution in [3.63, 3.8) is 0 Å². The third kappa shape index (κ3) is 6.90. The van der Waals surface area contributed by atoms with Crippen molar-refractivity contribution >= 4 is 51.9 Å². The van der Waals surface area contributed by atoms with Crippen LogP contribution in [0.15, 0.2) is 71.2 Å². The molecule has 6 heteroatoms. The molecule has 0 spiro atoms. The highest BCUT2D eigenvalue weighted by Gasteiger charge is 2.31. The maximum atomic E-state index is 12.8. The Bertz CT molecular complexity index is 1040. The third-order valence-corrected chi connectivity index (χ3v) is 6.51. The fourth-order valence-corrected chi connectivity index (χ4v) is 4.77. The Balaban J connectivity index is 1.43. The molecule has 4 nitrogen and oxygen atoms in total. The second-order valence-electron chi connectivity index (χ2n) is 7.81. The van der Waals surface area contributed by atoms with E-state index in [2.05, 4.69) is 11.4 Å². The molecule has 32 heavy (non-hydrogen) atoms. The number of para-hydroxylation sites is 1. The number of hydrogen-bond acceptors (Lipinski definition) is 4. The van der Waals surface area contributed by atoms with E-state index in [1.165, 1.54) is 11.8 Å². The normalized spacial score (nSPS) is 15.5. The maximum Gasteiger partial charge on any atom is 0.266 e. The molecular weight excluding hydrogens is 436 g/mol. The van der Waals surface area contributed by atoms with Crippen LogP contribution < -0.4 is 5.32 Å². The lowest BCUT2D eigenvalue weighted by Gasteiger charge is -2.14. The topological polar surface area (TPSA) is 49.4 Å². The molecule has 0 aliphatic carbocycles. The van der Waals surface area contributed by atoms with Crippen LogP contribution in [0.2, 0.25) is 0 Å². The highest BCUT2D eigenvalue weighted by molar-refractivity contribution is 8.26. The van der Waals surface area contributed by atoms with Gasteiger partial charge in [0.1, 0.15) is 4.32 Å². The van der Waals surface area contributed by atoms with Crippen molar-refractivity contribution in [1.82, 2.24) is 4.90 Å². The summed E-state index contributed by atoms with van der Waals surface area (Å²) in [6.45, 7) is 4.55. The van der Waals surface area contributed by atoms with Crippen LogP contribution in [0.25, 0.3) is 6.08 Å². The Kier molecular flexibility index (Phi) is 8.82. The molecular formula is C26H28N2O2S2. The van der Waals surface area contributed by atoms with E-state index in [0.717, 1.165) is 41.6 Å². The number of amides is 2. The lowest BCUT2D eigenvalue weighted by Crippen LogP contribution is -2.29. The molecule has 2 amide bonds. The molecule has 0 saturated carbocycles. The first kappa shape index (κ1) is 24.0. The first-order valence-electron chi connectivity index (χ1n) is 10.8. The summed E-state index contributed by atoms with van der Waals surface area (Å²) in [5.74, 6) is -0.00775. The second-order valence-corrected chi connectivity index (χ2v) is 9.48. The predicted octanol–water partition coefficient (Wildman–Crippen LogP) is 6.34. The summed E-state index contributed by atoms with van der Waals surface area (Å²) >= 11 is 6.78. The van der Waals surface area contributed by atoms with Gasteiger partial charge >= 0.3 is 0 Å². The number of unbranched alkanes of at least 4 members (excludes halogenated alkanes) is 2. The smallest absolute Gasteiger partial charge is 0.266 e. The van der Waals surface area contributed by atoms with E-state index in [4.69, 9.17) is 12.2 Å². The van der Waals surface area contributed by atoms with Gasteiger partial charge in [-0.25, -0.2) is 0 Å². The molecule has 1 fully saturated rings. The summed E-state index contributed by atoms with van der Waals surface area (Å²) < 4.78 is 0.603. The average molecular weight is 465 g/mol. The van der Waals surface area contributed by atoms with Crippen LogP contribution in [0.5, 0.6) is 0 Å². The molecule has 0 atom stereocenters. The van der Waals surface area contributed by atoms with Gasteiger partial charge in [0, 0.05) is 18.7 Å². The molecule has 2 aromatic carbocycles. The standard InChI is InChI=1S/C26H28N2O2S2/c1-19(17-21-12-5-3-6-13-21)18-23-25(30)28(26(31)32-23)16-10-4-7-15-24(29)27-22-14-9-8-11-20(22)2/h3,5-6,8-9,11-14,17-18H,4,7,10,15-16H2,1-2H3,(H,27,29)/b19-17+,23-18-. The van der Waals surface area contributed by atoms with Crippen molar-refractivity contribution < 1.29 is 9.59 Å². The minimum absolute atomic E-state index is 0.0218. The minimum Gasteiger partial charge on any atom is -0.326 e. The molecule has 1 aliphatic rings. The minimum atomic E-state index is -0.0295. The zero-order chi connectivity index (χ0) is 22.9. The van der Waals surface area contributed by atoms with Crippen LogP contribution in [0.3, 0.4) is 0 Å². The number of hydrogen-bond donors (Lipinski definition) is 1. The number of anilines is 1. The first-order chi connectivity index (χ1) is 15.4. The lowest BCUT2D eigenvalue weighted by molar-refractivity contribution is -0.122. The third-order valence-electron chi connectivity index (χ3n) is 5.13. The maximum absolute atomic E-state index is 12.8. The summed E-state index contributed by atoms with van der Waals surface area (Å²) in [6, 6.07) is 17.8. The lowest BCUT2D eigenvalue weighted by atomic mass is 10.1. The van der Waals surface area contributed by atoms with Crippen molar-refractivity contribution in [1.29, 1.82) is 0 Å². The van der Waals surface area contributed by atoms with Crippen LogP contribution in [-0.2, 0) is 9.59 Å². The number of thioether (sulfide) groups is 1. The van der Waals surface area contributed by atoms with E-state index in [1.54, 1.807) is 4.90 Å². The van der Waals surface area contributed by atoms with Gasteiger partial charge in [0.05, 0.1) is 4.91 Å². The number of rotatable bonds is 9. The van der Waals surface area contributed by atoms with Crippen LogP contribution in [0.1, 0.15) is 43.7 Å². The fourth-order valence-electron chi connectivity index (χ4n) is 3.41. The van der Waals surface area contributed by atoms with E-state index in [-0.39, 0.29) is 11.8 Å². The molecule has 1 aliphatic heterocycles. The number of allylic oxidation sites excluding steroid dienone is 2. The SMILES string of the molecule is CC(/C=C1\SC(=S)N(CCCCCC(=O)Nc2ccccc2C)C1=O)=C\c1ccccc1. The summed E-state index contributed by atoms with van der Waals surface area (Å²) in [7, 11) is 0. The van der Waals surface area contributed by atoms with E-state index in [9.17, 15) is 9.59 Å². The Hall–Kier alpha value is -2.70. The van der Waals surface area contributed by atoms with Gasteiger partial charge in [0.25, 0.3) is 5.91 Å². The van der Waals surface area contributed by atoms with Gasteiger partial charge in [-0.05, 0) is 55.5 Å². The Labute approximate surface area is 199 Å². The molecule has 3 rings (SSSR count).